The Bertz CT molecular complexity index is 876. The first-order valence-corrected chi connectivity index (χ1v) is 9.72. The minimum absolute atomic E-state index is 0.112. The van der Waals surface area contributed by atoms with Crippen LogP contribution in [0.25, 0.3) is 0 Å². The number of nitrogens with zero attached hydrogens (tertiary/aromatic N) is 3. The van der Waals surface area contributed by atoms with Crippen LogP contribution in [0.15, 0.2) is 28.8 Å². The van der Waals surface area contributed by atoms with Crippen LogP contribution in [0, 0.1) is 6.92 Å². The third kappa shape index (κ3) is 5.41. The molecule has 3 amide bonds. The molecule has 0 unspecified atom stereocenters. The highest BCUT2D eigenvalue weighted by molar-refractivity contribution is 5.92. The van der Waals surface area contributed by atoms with Gasteiger partial charge in [0.25, 0.3) is 5.91 Å². The van der Waals surface area contributed by atoms with Gasteiger partial charge < -0.3 is 29.5 Å². The standard InChI is InChI=1S/C20H27N5O5/c1-14-12-16(23-30-14)19(26)25-10-8-24(9-11-25)7-6-21-20(27)22-15-4-5-17(28-2)18(13-15)29-3/h4-5,12-13H,6-11H2,1-3H3,(H2,21,22,27). The van der Waals surface area contributed by atoms with Gasteiger partial charge in [0.2, 0.25) is 0 Å². The van der Waals surface area contributed by atoms with E-state index in [2.05, 4.69) is 20.7 Å². The van der Waals surface area contributed by atoms with E-state index >= 15 is 0 Å². The molecule has 0 spiro atoms. The van der Waals surface area contributed by atoms with Gasteiger partial charge in [-0.25, -0.2) is 4.79 Å². The van der Waals surface area contributed by atoms with Crippen molar-refractivity contribution in [3.05, 3.63) is 35.7 Å². The maximum atomic E-state index is 12.4. The number of aryl methyl sites for hydroxylation is 1. The van der Waals surface area contributed by atoms with Crippen LogP contribution in [0.3, 0.4) is 0 Å². The Kier molecular flexibility index (Phi) is 7.12. The molecular weight excluding hydrogens is 390 g/mol. The van der Waals surface area contributed by atoms with Crippen molar-refractivity contribution in [2.45, 2.75) is 6.92 Å². The second-order valence-corrected chi connectivity index (χ2v) is 6.91. The molecule has 1 aliphatic rings. The van der Waals surface area contributed by atoms with Crippen molar-refractivity contribution in [1.82, 2.24) is 20.3 Å². The molecule has 1 aromatic heterocycles. The van der Waals surface area contributed by atoms with E-state index in [0.717, 1.165) is 13.1 Å². The number of anilines is 1. The second-order valence-electron chi connectivity index (χ2n) is 6.91. The summed E-state index contributed by atoms with van der Waals surface area (Å²) >= 11 is 0. The first kappa shape index (κ1) is 21.4. The summed E-state index contributed by atoms with van der Waals surface area (Å²) in [6.07, 6.45) is 0. The Morgan fingerprint density at radius 1 is 1.10 bits per heavy atom. The molecule has 0 bridgehead atoms. The monoisotopic (exact) mass is 417 g/mol. The Morgan fingerprint density at radius 3 is 2.47 bits per heavy atom. The van der Waals surface area contributed by atoms with Crippen molar-refractivity contribution in [2.24, 2.45) is 0 Å². The van der Waals surface area contributed by atoms with Crippen molar-refractivity contribution in [3.63, 3.8) is 0 Å². The Balaban J connectivity index is 1.38. The van der Waals surface area contributed by atoms with Crippen LogP contribution < -0.4 is 20.1 Å². The van der Waals surface area contributed by atoms with E-state index in [0.29, 0.717) is 54.8 Å². The van der Waals surface area contributed by atoms with E-state index in [9.17, 15) is 9.59 Å². The molecule has 10 heteroatoms. The quantitative estimate of drug-likeness (QED) is 0.704. The van der Waals surface area contributed by atoms with Gasteiger partial charge in [-0.3, -0.25) is 9.69 Å². The fraction of sp³-hybridized carbons (Fsp3) is 0.450. The number of carbonyl (C=O) groups is 2. The fourth-order valence-corrected chi connectivity index (χ4v) is 3.22. The van der Waals surface area contributed by atoms with Crippen molar-refractivity contribution in [3.8, 4) is 11.5 Å². The number of amides is 3. The molecule has 2 N–H and O–H groups in total. The van der Waals surface area contributed by atoms with E-state index in [1.807, 2.05) is 0 Å². The van der Waals surface area contributed by atoms with Gasteiger partial charge >= 0.3 is 6.03 Å². The van der Waals surface area contributed by atoms with E-state index in [1.54, 1.807) is 50.3 Å². The van der Waals surface area contributed by atoms with Crippen molar-refractivity contribution < 1.29 is 23.6 Å². The van der Waals surface area contributed by atoms with Crippen LogP contribution in [0.2, 0.25) is 0 Å². The summed E-state index contributed by atoms with van der Waals surface area (Å²) in [4.78, 5) is 28.5. The van der Waals surface area contributed by atoms with Crippen LogP contribution >= 0.6 is 0 Å². The largest absolute Gasteiger partial charge is 0.493 e. The zero-order valence-corrected chi connectivity index (χ0v) is 17.4. The van der Waals surface area contributed by atoms with Crippen molar-refractivity contribution >= 4 is 17.6 Å². The van der Waals surface area contributed by atoms with Gasteiger partial charge in [0.15, 0.2) is 17.2 Å². The van der Waals surface area contributed by atoms with E-state index in [-0.39, 0.29) is 11.9 Å². The number of hydrogen-bond acceptors (Lipinski definition) is 7. The maximum absolute atomic E-state index is 12.4. The average Bonchev–Trinajstić information content (AvgIpc) is 3.20. The van der Waals surface area contributed by atoms with Gasteiger partial charge in [-0.2, -0.15) is 0 Å². The molecule has 0 aliphatic carbocycles. The summed E-state index contributed by atoms with van der Waals surface area (Å²) in [5.74, 6) is 1.65. The Labute approximate surface area is 175 Å². The van der Waals surface area contributed by atoms with Gasteiger partial charge in [0.1, 0.15) is 5.76 Å². The Hall–Kier alpha value is -3.27. The lowest BCUT2D eigenvalue weighted by Gasteiger charge is -2.34. The molecule has 3 rings (SSSR count). The number of hydrogen-bond donors (Lipinski definition) is 2. The summed E-state index contributed by atoms with van der Waals surface area (Å²) in [6, 6.07) is 6.53. The highest BCUT2D eigenvalue weighted by Gasteiger charge is 2.24. The first-order valence-electron chi connectivity index (χ1n) is 9.72. The predicted octanol–water partition coefficient (Wildman–Crippen LogP) is 1.58. The van der Waals surface area contributed by atoms with Crippen molar-refractivity contribution in [2.75, 3.05) is 58.8 Å². The van der Waals surface area contributed by atoms with Gasteiger partial charge in [-0.15, -0.1) is 0 Å². The van der Waals surface area contributed by atoms with Gasteiger partial charge in [-0.1, -0.05) is 5.16 Å². The zero-order chi connectivity index (χ0) is 21.5. The van der Waals surface area contributed by atoms with Crippen LogP contribution in [0.5, 0.6) is 11.5 Å². The summed E-state index contributed by atoms with van der Waals surface area (Å²) in [5, 5.41) is 9.40. The molecular formula is C20H27N5O5. The van der Waals surface area contributed by atoms with Crippen LogP contribution in [0.1, 0.15) is 16.2 Å². The third-order valence-corrected chi connectivity index (χ3v) is 4.86. The minimum atomic E-state index is -0.294. The molecule has 162 valence electrons. The molecule has 1 saturated heterocycles. The topological polar surface area (TPSA) is 109 Å². The highest BCUT2D eigenvalue weighted by Crippen LogP contribution is 2.29. The fourth-order valence-electron chi connectivity index (χ4n) is 3.22. The maximum Gasteiger partial charge on any atom is 0.319 e. The van der Waals surface area contributed by atoms with Crippen LogP contribution in [-0.2, 0) is 0 Å². The number of benzene rings is 1. The number of piperazine rings is 1. The van der Waals surface area contributed by atoms with Crippen LogP contribution in [-0.4, -0.2) is 80.4 Å². The number of urea groups is 1. The Morgan fingerprint density at radius 2 is 1.83 bits per heavy atom. The average molecular weight is 417 g/mol. The molecule has 10 nitrogen and oxygen atoms in total. The molecule has 1 fully saturated rings. The molecule has 30 heavy (non-hydrogen) atoms. The smallest absolute Gasteiger partial charge is 0.319 e. The molecule has 1 aliphatic heterocycles. The molecule has 0 radical (unpaired) electrons. The number of nitrogens with one attached hydrogen (secondary N) is 2. The second kappa shape index (κ2) is 9.97. The predicted molar refractivity (Wildman–Crippen MR) is 110 cm³/mol. The van der Waals surface area contributed by atoms with E-state index in [1.165, 1.54) is 0 Å². The summed E-state index contributed by atoms with van der Waals surface area (Å²) in [7, 11) is 3.10. The van der Waals surface area contributed by atoms with E-state index < -0.39 is 0 Å². The highest BCUT2D eigenvalue weighted by atomic mass is 16.5. The molecule has 1 aromatic carbocycles. The number of ether oxygens (including phenoxy) is 2. The van der Waals surface area contributed by atoms with Crippen molar-refractivity contribution in [1.29, 1.82) is 0 Å². The number of rotatable bonds is 7. The third-order valence-electron chi connectivity index (χ3n) is 4.86. The SMILES string of the molecule is COc1ccc(NC(=O)NCCN2CCN(C(=O)c3cc(C)on3)CC2)cc1OC. The first-order chi connectivity index (χ1) is 14.5. The number of methoxy groups -OCH3 is 2. The minimum Gasteiger partial charge on any atom is -0.493 e. The number of aromatic nitrogens is 1. The molecule has 2 heterocycles. The lowest BCUT2D eigenvalue weighted by molar-refractivity contribution is 0.0629. The van der Waals surface area contributed by atoms with E-state index in [4.69, 9.17) is 14.0 Å². The summed E-state index contributed by atoms with van der Waals surface area (Å²) in [6.45, 7) is 5.66. The lowest BCUT2D eigenvalue weighted by atomic mass is 10.2. The molecule has 2 aromatic rings. The lowest BCUT2D eigenvalue weighted by Crippen LogP contribution is -2.50. The van der Waals surface area contributed by atoms with Gasteiger partial charge in [-0.05, 0) is 19.1 Å². The van der Waals surface area contributed by atoms with Crippen LogP contribution in [0.4, 0.5) is 10.5 Å². The zero-order valence-electron chi connectivity index (χ0n) is 17.4. The summed E-state index contributed by atoms with van der Waals surface area (Å²) in [5.41, 5.74) is 0.954. The number of carbonyl (C=O) groups excluding carboxylic acids is 2. The van der Waals surface area contributed by atoms with Gasteiger partial charge in [0, 0.05) is 57.1 Å². The summed E-state index contributed by atoms with van der Waals surface area (Å²) < 4.78 is 15.4. The molecule has 0 saturated carbocycles. The molecule has 0 atom stereocenters. The normalized spacial score (nSPS) is 14.3. The van der Waals surface area contributed by atoms with Gasteiger partial charge in [0.05, 0.1) is 14.2 Å².